The molecule has 0 amide bonds. The summed E-state index contributed by atoms with van der Waals surface area (Å²) < 4.78 is 30.6. The van der Waals surface area contributed by atoms with Crippen molar-refractivity contribution in [1.82, 2.24) is 0 Å². The van der Waals surface area contributed by atoms with Crippen molar-refractivity contribution in [1.29, 1.82) is 0 Å². The van der Waals surface area contributed by atoms with Crippen LogP contribution in [0.25, 0.3) is 5.53 Å². The second kappa shape index (κ2) is 13.6. The van der Waals surface area contributed by atoms with Crippen LogP contribution < -0.4 is 0 Å². The fraction of sp³-hybridized carbons (Fsp3) is 0.517. The van der Waals surface area contributed by atoms with Gasteiger partial charge < -0.3 is 34.0 Å². The van der Waals surface area contributed by atoms with E-state index >= 15 is 0 Å². The van der Waals surface area contributed by atoms with Crippen molar-refractivity contribution >= 4 is 20.0 Å². The lowest BCUT2D eigenvalue weighted by Crippen LogP contribution is -2.59. The number of aliphatic hydroxyl groups excluding tert-OH is 1. The summed E-state index contributed by atoms with van der Waals surface area (Å²) in [5.74, 6) is -0.950. The molecule has 0 saturated carbocycles. The van der Waals surface area contributed by atoms with Gasteiger partial charge in [0.2, 0.25) is 0 Å². The fourth-order valence-electron chi connectivity index (χ4n) is 3.99. The topological polar surface area (TPSA) is 120 Å². The first-order chi connectivity index (χ1) is 18.5. The molecule has 0 bridgehead atoms. The highest BCUT2D eigenvalue weighted by molar-refractivity contribution is 6.74. The van der Waals surface area contributed by atoms with E-state index in [2.05, 4.69) is 38.7 Å². The monoisotopic (exact) mass is 556 g/mol. The van der Waals surface area contributed by atoms with Crippen molar-refractivity contribution in [2.24, 2.45) is 0 Å². The maximum absolute atomic E-state index is 12.6. The van der Waals surface area contributed by atoms with Gasteiger partial charge in [-0.1, -0.05) is 81.4 Å². The van der Waals surface area contributed by atoms with Crippen LogP contribution >= 0.6 is 0 Å². The zero-order chi connectivity index (χ0) is 28.6. The van der Waals surface area contributed by atoms with Crippen LogP contribution in [0.1, 0.15) is 45.1 Å². The zero-order valence-corrected chi connectivity index (χ0v) is 24.6. The second-order valence-corrected chi connectivity index (χ2v) is 15.8. The largest absolute Gasteiger partial charge is 0.457 e. The van der Waals surface area contributed by atoms with Crippen molar-refractivity contribution in [2.75, 3.05) is 13.2 Å². The minimum absolute atomic E-state index is 0.0427. The highest BCUT2D eigenvalue weighted by Gasteiger charge is 2.50. The van der Waals surface area contributed by atoms with E-state index in [-0.39, 0.29) is 24.9 Å². The number of benzene rings is 2. The van der Waals surface area contributed by atoms with Gasteiger partial charge in [0.15, 0.2) is 20.7 Å². The number of carbonyl (C=O) groups is 1. The van der Waals surface area contributed by atoms with Gasteiger partial charge in [-0.15, -0.1) is 0 Å². The molecular formula is C29H40N2O7Si. The Morgan fingerprint density at radius 3 is 2.31 bits per heavy atom. The van der Waals surface area contributed by atoms with Gasteiger partial charge in [-0.05, 0) is 30.6 Å². The molecule has 1 aliphatic rings. The molecule has 1 fully saturated rings. The standard InChI is InChI=1S/C29H40N2O7Si/c1-7-34-27(33)23(31-30)24(32)26(35-18-20-14-10-8-11-15-20)25-22(38-39(5,6)29(2,3)4)19-36-28(37-25)21-16-12-9-13-17-21/h8-17,22,24-26,28,32H,7,18-19H2,1-6H3/t22-,24?,25-,26-,28?/m1/s1. The van der Waals surface area contributed by atoms with Crippen LogP contribution in [0.3, 0.4) is 0 Å². The highest BCUT2D eigenvalue weighted by atomic mass is 28.4. The average Bonchev–Trinajstić information content (AvgIpc) is 2.90. The van der Waals surface area contributed by atoms with E-state index in [1.807, 2.05) is 60.7 Å². The van der Waals surface area contributed by atoms with E-state index in [9.17, 15) is 15.4 Å². The molecule has 1 aliphatic heterocycles. The quantitative estimate of drug-likeness (QED) is 0.140. The first-order valence-corrected chi connectivity index (χ1v) is 16.1. The van der Waals surface area contributed by atoms with Gasteiger partial charge in [-0.3, -0.25) is 0 Å². The second-order valence-electron chi connectivity index (χ2n) is 11.0. The Kier molecular flexibility index (Phi) is 10.7. The van der Waals surface area contributed by atoms with Gasteiger partial charge in [-0.25, -0.2) is 4.79 Å². The van der Waals surface area contributed by atoms with Gasteiger partial charge in [0.25, 0.3) is 0 Å². The molecule has 2 aromatic rings. The summed E-state index contributed by atoms with van der Waals surface area (Å²) >= 11 is 0. The molecule has 0 radical (unpaired) electrons. The molecule has 2 unspecified atom stereocenters. The fourth-order valence-corrected chi connectivity index (χ4v) is 5.30. The maximum Gasteiger partial charge on any atom is 0.419 e. The minimum atomic E-state index is -2.34. The molecule has 2 aromatic carbocycles. The molecule has 1 N–H and O–H groups in total. The van der Waals surface area contributed by atoms with Gasteiger partial charge in [0.1, 0.15) is 12.2 Å². The summed E-state index contributed by atoms with van der Waals surface area (Å²) in [7, 11) is -2.34. The van der Waals surface area contributed by atoms with Crippen LogP contribution in [-0.2, 0) is 34.8 Å². The normalized spacial score (nSPS) is 21.5. The smallest absolute Gasteiger partial charge is 0.419 e. The van der Waals surface area contributed by atoms with E-state index in [4.69, 9.17) is 23.4 Å². The zero-order valence-electron chi connectivity index (χ0n) is 23.6. The van der Waals surface area contributed by atoms with Crippen LogP contribution in [0.5, 0.6) is 0 Å². The van der Waals surface area contributed by atoms with Gasteiger partial charge in [0, 0.05) is 5.56 Å². The average molecular weight is 557 g/mol. The minimum Gasteiger partial charge on any atom is -0.457 e. The predicted molar refractivity (Wildman–Crippen MR) is 148 cm³/mol. The number of ether oxygens (including phenoxy) is 4. The summed E-state index contributed by atoms with van der Waals surface area (Å²) in [5.41, 5.74) is 10.8. The van der Waals surface area contributed by atoms with Crippen molar-refractivity contribution in [3.8, 4) is 0 Å². The summed E-state index contributed by atoms with van der Waals surface area (Å²) in [6, 6.07) is 18.8. The van der Waals surface area contributed by atoms with E-state index in [0.717, 1.165) is 11.1 Å². The molecular weight excluding hydrogens is 516 g/mol. The molecule has 0 spiro atoms. The third-order valence-corrected chi connectivity index (χ3v) is 11.7. The molecule has 5 atom stereocenters. The lowest BCUT2D eigenvalue weighted by molar-refractivity contribution is -0.284. The number of carbonyl (C=O) groups excluding carboxylic acids is 1. The molecule has 10 heteroatoms. The van der Waals surface area contributed by atoms with E-state index < -0.39 is 50.7 Å². The van der Waals surface area contributed by atoms with E-state index in [1.54, 1.807) is 6.92 Å². The third-order valence-electron chi connectivity index (χ3n) is 7.18. The summed E-state index contributed by atoms with van der Waals surface area (Å²) in [5, 5.41) is 11.3. The van der Waals surface area contributed by atoms with Crippen molar-refractivity contribution in [2.45, 2.75) is 83.1 Å². The summed E-state index contributed by atoms with van der Waals surface area (Å²) in [6.07, 6.45) is -5.12. The predicted octanol–water partition coefficient (Wildman–Crippen LogP) is 4.67. The SMILES string of the molecule is CCOC(=O)C(=[N+]=[N-])C(O)[C@@H](OCc1ccccc1)[C@@H]1OC(c2ccccc2)OC[C@H]1O[Si](C)(C)C(C)(C)C. The Labute approximate surface area is 231 Å². The maximum atomic E-state index is 12.6. The number of esters is 1. The number of rotatable bonds is 11. The Hall–Kier alpha value is -2.69. The van der Waals surface area contributed by atoms with E-state index in [1.165, 1.54) is 0 Å². The van der Waals surface area contributed by atoms with Crippen molar-refractivity contribution in [3.63, 3.8) is 0 Å². The van der Waals surface area contributed by atoms with Crippen LogP contribution in [0.15, 0.2) is 60.7 Å². The highest BCUT2D eigenvalue weighted by Crippen LogP contribution is 2.40. The summed E-state index contributed by atoms with van der Waals surface area (Å²) in [4.78, 5) is 15.7. The molecule has 39 heavy (non-hydrogen) atoms. The van der Waals surface area contributed by atoms with Crippen molar-refractivity contribution < 1.29 is 38.1 Å². The van der Waals surface area contributed by atoms with E-state index in [0.29, 0.717) is 0 Å². The van der Waals surface area contributed by atoms with Crippen molar-refractivity contribution in [3.05, 3.63) is 77.3 Å². The Balaban J connectivity index is 2.02. The van der Waals surface area contributed by atoms with Gasteiger partial charge in [0.05, 0.1) is 25.9 Å². The molecule has 1 heterocycles. The molecule has 1 saturated heterocycles. The number of hydrogen-bond donors (Lipinski definition) is 1. The number of nitrogens with zero attached hydrogens (tertiary/aromatic N) is 2. The Bertz CT molecular complexity index is 1120. The van der Waals surface area contributed by atoms with Crippen LogP contribution in [-0.4, -0.2) is 67.5 Å². The first kappa shape index (κ1) is 30.8. The Morgan fingerprint density at radius 2 is 1.74 bits per heavy atom. The lowest BCUT2D eigenvalue weighted by atomic mass is 9.98. The van der Waals surface area contributed by atoms with Crippen LogP contribution in [0, 0.1) is 0 Å². The van der Waals surface area contributed by atoms with Crippen LogP contribution in [0.4, 0.5) is 0 Å². The first-order valence-electron chi connectivity index (χ1n) is 13.2. The molecule has 3 rings (SSSR count). The van der Waals surface area contributed by atoms with Gasteiger partial charge in [-0.2, -0.15) is 4.79 Å². The van der Waals surface area contributed by atoms with Crippen LogP contribution in [0.2, 0.25) is 18.1 Å². The molecule has 0 aromatic heterocycles. The number of hydrogen-bond acceptors (Lipinski definition) is 7. The number of aliphatic hydroxyl groups is 1. The summed E-state index contributed by atoms with van der Waals surface area (Å²) in [6.45, 7) is 12.5. The molecule has 212 valence electrons. The lowest BCUT2D eigenvalue weighted by Gasteiger charge is -2.46. The molecule has 9 nitrogen and oxygen atoms in total. The van der Waals surface area contributed by atoms with Gasteiger partial charge >= 0.3 is 11.7 Å². The molecule has 0 aliphatic carbocycles. The third kappa shape index (κ3) is 7.92. The Morgan fingerprint density at radius 1 is 1.13 bits per heavy atom.